The third-order valence-corrected chi connectivity index (χ3v) is 6.80. The first-order valence-corrected chi connectivity index (χ1v) is 10.1. The van der Waals surface area contributed by atoms with E-state index in [1.165, 1.54) is 6.07 Å². The minimum absolute atomic E-state index is 0.0511. The van der Waals surface area contributed by atoms with Gasteiger partial charge in [-0.2, -0.15) is 8.78 Å². The summed E-state index contributed by atoms with van der Waals surface area (Å²) in [5.74, 6) is 0.696. The van der Waals surface area contributed by atoms with Gasteiger partial charge in [0.15, 0.2) is 15.8 Å². The molecule has 1 aliphatic heterocycles. The van der Waals surface area contributed by atoms with Gasteiger partial charge in [0.25, 0.3) is 0 Å². The van der Waals surface area contributed by atoms with Crippen molar-refractivity contribution in [2.45, 2.75) is 38.7 Å². The van der Waals surface area contributed by atoms with Crippen LogP contribution in [0.2, 0.25) is 0 Å². The second kappa shape index (κ2) is 8.20. The molecule has 0 aromatic heterocycles. The number of hydrogen-bond donors (Lipinski definition) is 1. The van der Waals surface area contributed by atoms with E-state index in [0.717, 1.165) is 0 Å². The molecule has 0 saturated carbocycles. The summed E-state index contributed by atoms with van der Waals surface area (Å²) in [5, 5.41) is 3.14. The summed E-state index contributed by atoms with van der Waals surface area (Å²) < 4.78 is 53.1. The maximum Gasteiger partial charge on any atom is 0.387 e. The Morgan fingerprint density at radius 1 is 1.38 bits per heavy atom. The normalized spacial score (nSPS) is 19.5. The highest BCUT2D eigenvalue weighted by molar-refractivity contribution is 7.92. The molecule has 1 aromatic rings. The Balaban J connectivity index is 2.20. The monoisotopic (exact) mass is 389 g/mol. The smallest absolute Gasteiger partial charge is 0.387 e. The molecule has 0 radical (unpaired) electrons. The molecular formula is C17H25F2N3O3S. The molecule has 1 fully saturated rings. The topological polar surface area (TPSA) is 71.0 Å². The molecule has 1 N–H and O–H groups in total. The van der Waals surface area contributed by atoms with Gasteiger partial charge in [0.05, 0.1) is 17.0 Å². The second-order valence-corrected chi connectivity index (χ2v) is 9.40. The fraction of sp³-hybridized carbons (Fsp3) is 0.588. The van der Waals surface area contributed by atoms with E-state index in [9.17, 15) is 17.2 Å². The molecule has 0 unspecified atom stereocenters. The Labute approximate surface area is 153 Å². The molecule has 1 saturated heterocycles. The minimum Gasteiger partial charge on any atom is -0.434 e. The molecule has 1 aromatic carbocycles. The van der Waals surface area contributed by atoms with Crippen molar-refractivity contribution >= 4 is 15.8 Å². The Kier molecular flexibility index (Phi) is 6.44. The van der Waals surface area contributed by atoms with E-state index >= 15 is 0 Å². The van der Waals surface area contributed by atoms with Crippen molar-refractivity contribution in [2.24, 2.45) is 4.99 Å². The van der Waals surface area contributed by atoms with Gasteiger partial charge in [0.2, 0.25) is 0 Å². The molecule has 0 amide bonds. The number of ether oxygens (including phenoxy) is 1. The number of sulfone groups is 1. The second-order valence-electron chi connectivity index (χ2n) is 6.66. The molecular weight excluding hydrogens is 364 g/mol. The van der Waals surface area contributed by atoms with Crippen LogP contribution >= 0.6 is 0 Å². The Morgan fingerprint density at radius 2 is 2.08 bits per heavy atom. The van der Waals surface area contributed by atoms with Crippen LogP contribution in [-0.4, -0.2) is 56.0 Å². The summed E-state index contributed by atoms with van der Waals surface area (Å²) in [7, 11) is -3.16. The van der Waals surface area contributed by atoms with Gasteiger partial charge in [0, 0.05) is 25.2 Å². The molecule has 6 nitrogen and oxygen atoms in total. The number of halogens is 2. The number of para-hydroxylation sites is 1. The Hall–Kier alpha value is -1.90. The zero-order valence-corrected chi connectivity index (χ0v) is 16.0. The summed E-state index contributed by atoms with van der Waals surface area (Å²) in [6.07, 6.45) is 0. The SMILES string of the molecule is CCNC(=NCc1ccccc1OC(F)F)N1CCS(=O)(=O)C(C)(C)C1. The van der Waals surface area contributed by atoms with Crippen molar-refractivity contribution in [3.63, 3.8) is 0 Å². The van der Waals surface area contributed by atoms with Crippen LogP contribution in [-0.2, 0) is 16.4 Å². The molecule has 9 heteroatoms. The third kappa shape index (κ3) is 4.84. The van der Waals surface area contributed by atoms with E-state index in [4.69, 9.17) is 0 Å². The number of guanidine groups is 1. The summed E-state index contributed by atoms with van der Waals surface area (Å²) in [6, 6.07) is 6.50. The number of nitrogens with zero attached hydrogens (tertiary/aromatic N) is 2. The largest absolute Gasteiger partial charge is 0.434 e. The Bertz CT molecular complexity index is 751. The van der Waals surface area contributed by atoms with Crippen LogP contribution in [0.1, 0.15) is 26.3 Å². The Morgan fingerprint density at radius 3 is 2.69 bits per heavy atom. The fourth-order valence-corrected chi connectivity index (χ4v) is 4.12. The minimum atomic E-state index is -3.16. The first-order valence-electron chi connectivity index (χ1n) is 8.44. The number of aliphatic imine (C=N–C) groups is 1. The van der Waals surface area contributed by atoms with E-state index in [2.05, 4.69) is 15.0 Å². The highest BCUT2D eigenvalue weighted by Crippen LogP contribution is 2.24. The summed E-state index contributed by atoms with van der Waals surface area (Å²) in [5.41, 5.74) is 0.534. The van der Waals surface area contributed by atoms with Crippen molar-refractivity contribution < 1.29 is 21.9 Å². The van der Waals surface area contributed by atoms with Gasteiger partial charge < -0.3 is 15.0 Å². The van der Waals surface area contributed by atoms with E-state index in [-0.39, 0.29) is 18.0 Å². The van der Waals surface area contributed by atoms with Crippen molar-refractivity contribution in [1.29, 1.82) is 0 Å². The quantitative estimate of drug-likeness (QED) is 0.618. The third-order valence-electron chi connectivity index (χ3n) is 4.27. The maximum atomic E-state index is 12.5. The number of rotatable bonds is 5. The highest BCUT2D eigenvalue weighted by atomic mass is 32.2. The van der Waals surface area contributed by atoms with Crippen molar-refractivity contribution in [3.05, 3.63) is 29.8 Å². The van der Waals surface area contributed by atoms with E-state index in [1.807, 2.05) is 11.8 Å². The van der Waals surface area contributed by atoms with Crippen molar-refractivity contribution in [3.8, 4) is 5.75 Å². The summed E-state index contributed by atoms with van der Waals surface area (Å²) in [4.78, 5) is 6.39. The van der Waals surface area contributed by atoms with Crippen LogP contribution in [0.15, 0.2) is 29.3 Å². The van der Waals surface area contributed by atoms with Gasteiger partial charge in [-0.15, -0.1) is 0 Å². The summed E-state index contributed by atoms with van der Waals surface area (Å²) in [6.45, 7) is 3.82. The van der Waals surface area contributed by atoms with Crippen LogP contribution in [0.25, 0.3) is 0 Å². The molecule has 26 heavy (non-hydrogen) atoms. The van der Waals surface area contributed by atoms with E-state index in [1.54, 1.807) is 32.0 Å². The molecule has 0 bridgehead atoms. The average molecular weight is 389 g/mol. The zero-order chi connectivity index (χ0) is 19.4. The molecule has 2 rings (SSSR count). The molecule has 0 spiro atoms. The molecule has 146 valence electrons. The standard InChI is InChI=1S/C17H25F2N3O3S/c1-4-20-16(22-9-10-26(23,24)17(2,3)12-22)21-11-13-7-5-6-8-14(13)25-15(18)19/h5-8,15H,4,9-12H2,1-3H3,(H,20,21). The van der Waals surface area contributed by atoms with E-state index < -0.39 is 21.2 Å². The average Bonchev–Trinajstić information content (AvgIpc) is 2.55. The number of nitrogens with one attached hydrogen (secondary N) is 1. The van der Waals surface area contributed by atoms with Crippen molar-refractivity contribution in [1.82, 2.24) is 10.2 Å². The van der Waals surface area contributed by atoms with E-state index in [0.29, 0.717) is 31.2 Å². The van der Waals surface area contributed by atoms with Gasteiger partial charge in [-0.3, -0.25) is 0 Å². The molecule has 0 atom stereocenters. The predicted molar refractivity (Wildman–Crippen MR) is 97.3 cm³/mol. The molecule has 1 aliphatic rings. The number of alkyl halides is 2. The van der Waals surface area contributed by atoms with Crippen molar-refractivity contribution in [2.75, 3.05) is 25.4 Å². The number of benzene rings is 1. The first kappa shape index (κ1) is 20.4. The van der Waals surface area contributed by atoms with Crippen LogP contribution in [0.5, 0.6) is 5.75 Å². The van der Waals surface area contributed by atoms with Crippen LogP contribution < -0.4 is 10.1 Å². The van der Waals surface area contributed by atoms with Gasteiger partial charge >= 0.3 is 6.61 Å². The van der Waals surface area contributed by atoms with Gasteiger partial charge in [-0.05, 0) is 26.8 Å². The van der Waals surface area contributed by atoms with Gasteiger partial charge in [-0.1, -0.05) is 18.2 Å². The predicted octanol–water partition coefficient (Wildman–Crippen LogP) is 2.26. The maximum absolute atomic E-state index is 12.5. The van der Waals surface area contributed by atoms with Gasteiger partial charge in [0.1, 0.15) is 5.75 Å². The highest BCUT2D eigenvalue weighted by Gasteiger charge is 2.40. The number of hydrogen-bond acceptors (Lipinski definition) is 4. The van der Waals surface area contributed by atoms with Crippen LogP contribution in [0, 0.1) is 0 Å². The first-order chi connectivity index (χ1) is 12.2. The lowest BCUT2D eigenvalue weighted by atomic mass is 10.2. The fourth-order valence-electron chi connectivity index (χ4n) is 2.76. The van der Waals surface area contributed by atoms with Crippen LogP contribution in [0.3, 0.4) is 0 Å². The lowest BCUT2D eigenvalue weighted by Gasteiger charge is -2.39. The zero-order valence-electron chi connectivity index (χ0n) is 15.2. The van der Waals surface area contributed by atoms with Crippen LogP contribution in [0.4, 0.5) is 8.78 Å². The lowest BCUT2D eigenvalue weighted by molar-refractivity contribution is -0.0504. The molecule has 1 heterocycles. The molecule has 0 aliphatic carbocycles. The summed E-state index contributed by atoms with van der Waals surface area (Å²) >= 11 is 0. The van der Waals surface area contributed by atoms with Gasteiger partial charge in [-0.25, -0.2) is 13.4 Å². The lowest BCUT2D eigenvalue weighted by Crippen LogP contribution is -2.57.